The molecule has 0 aliphatic carbocycles. The maximum atomic E-state index is 12.1. The Hall–Kier alpha value is 0.270. The number of rotatable bonds is 9. The van der Waals surface area contributed by atoms with Crippen molar-refractivity contribution in [2.24, 2.45) is 0 Å². The number of hydrogen-bond donors (Lipinski definition) is 0. The molecule has 9 heteroatoms. The molecule has 0 aromatic rings. The molecule has 1 amide bonds. The molecule has 0 rings (SSSR count). The zero-order chi connectivity index (χ0) is 14.7. The van der Waals surface area contributed by atoms with Crippen molar-refractivity contribution in [3.63, 3.8) is 0 Å². The highest BCUT2D eigenvalue weighted by atomic mass is 33.1. The van der Waals surface area contributed by atoms with Crippen LogP contribution in [0.3, 0.4) is 0 Å². The Balaban J connectivity index is 3.81. The van der Waals surface area contributed by atoms with Gasteiger partial charge in [0.25, 0.3) is 6.08 Å². The van der Waals surface area contributed by atoms with Crippen LogP contribution in [-0.2, 0) is 4.74 Å². The van der Waals surface area contributed by atoms with Gasteiger partial charge in [-0.2, -0.15) is 12.5 Å². The van der Waals surface area contributed by atoms with Gasteiger partial charge in [-0.1, -0.05) is 21.6 Å². The SMILES string of the molecule is CSSN(SSC)C(=O)OCCCCC(C)=C(F)F. The highest BCUT2D eigenvalue weighted by Gasteiger charge is 2.16. The normalized spacial score (nSPS) is 10.2. The first kappa shape index (κ1) is 19.3. The van der Waals surface area contributed by atoms with Crippen LogP contribution < -0.4 is 0 Å². The lowest BCUT2D eigenvalue weighted by Crippen LogP contribution is -2.17. The molecule has 0 aliphatic rings. The quantitative estimate of drug-likeness (QED) is 0.305. The molecule has 0 bridgehead atoms. The summed E-state index contributed by atoms with van der Waals surface area (Å²) in [4.78, 5) is 11.6. The highest BCUT2D eigenvalue weighted by Crippen LogP contribution is 2.36. The van der Waals surface area contributed by atoms with Gasteiger partial charge in [-0.3, -0.25) is 0 Å². The molecular formula is C10H17F2NO2S4. The van der Waals surface area contributed by atoms with Gasteiger partial charge in [-0.05, 0) is 44.3 Å². The molecule has 0 saturated carbocycles. The van der Waals surface area contributed by atoms with Crippen molar-refractivity contribution < 1.29 is 18.3 Å². The van der Waals surface area contributed by atoms with Gasteiger partial charge in [-0.15, -0.1) is 0 Å². The van der Waals surface area contributed by atoms with Gasteiger partial charge >= 0.3 is 6.09 Å². The summed E-state index contributed by atoms with van der Waals surface area (Å²) in [6.07, 6.45) is 3.21. The molecule has 0 heterocycles. The van der Waals surface area contributed by atoms with E-state index in [1.165, 1.54) is 54.2 Å². The number of carbonyl (C=O) groups is 1. The van der Waals surface area contributed by atoms with E-state index in [0.29, 0.717) is 19.3 Å². The molecule has 0 spiro atoms. The van der Waals surface area contributed by atoms with Crippen LogP contribution >= 0.6 is 43.5 Å². The zero-order valence-electron chi connectivity index (χ0n) is 11.0. The highest BCUT2D eigenvalue weighted by molar-refractivity contribution is 8.83. The van der Waals surface area contributed by atoms with Crippen LogP contribution in [-0.4, -0.2) is 28.9 Å². The number of hydrogen-bond acceptors (Lipinski definition) is 6. The predicted octanol–water partition coefficient (Wildman–Crippen LogP) is 5.62. The van der Waals surface area contributed by atoms with Gasteiger partial charge in [0.15, 0.2) is 0 Å². The lowest BCUT2D eigenvalue weighted by molar-refractivity contribution is 0.140. The lowest BCUT2D eigenvalue weighted by Gasteiger charge is -2.16. The van der Waals surface area contributed by atoms with E-state index >= 15 is 0 Å². The third-order valence-electron chi connectivity index (χ3n) is 1.93. The van der Waals surface area contributed by atoms with E-state index in [0.717, 1.165) is 0 Å². The first-order valence-electron chi connectivity index (χ1n) is 5.42. The van der Waals surface area contributed by atoms with Crippen LogP contribution in [0, 0.1) is 0 Å². The Morgan fingerprint density at radius 2 is 1.74 bits per heavy atom. The first-order chi connectivity index (χ1) is 9.02. The van der Waals surface area contributed by atoms with E-state index in [9.17, 15) is 13.6 Å². The van der Waals surface area contributed by atoms with Gasteiger partial charge in [-0.25, -0.2) is 4.79 Å². The topological polar surface area (TPSA) is 29.5 Å². The zero-order valence-corrected chi connectivity index (χ0v) is 14.2. The molecule has 19 heavy (non-hydrogen) atoms. The lowest BCUT2D eigenvalue weighted by atomic mass is 10.1. The van der Waals surface area contributed by atoms with Gasteiger partial charge in [0.2, 0.25) is 0 Å². The second kappa shape index (κ2) is 12.0. The summed E-state index contributed by atoms with van der Waals surface area (Å²) in [6.45, 7) is 1.66. The van der Waals surface area contributed by atoms with Crippen LogP contribution in [0.1, 0.15) is 26.2 Å². The van der Waals surface area contributed by atoms with E-state index in [1.54, 1.807) is 0 Å². The minimum absolute atomic E-state index is 0.101. The van der Waals surface area contributed by atoms with Gasteiger partial charge in [0.1, 0.15) is 0 Å². The Morgan fingerprint density at radius 1 is 1.16 bits per heavy atom. The first-order valence-corrected chi connectivity index (χ1v) is 10.4. The number of amides is 1. The largest absolute Gasteiger partial charge is 0.448 e. The Morgan fingerprint density at radius 3 is 2.21 bits per heavy atom. The molecule has 0 aromatic heterocycles. The number of nitrogens with zero attached hydrogens (tertiary/aromatic N) is 1. The molecule has 0 aliphatic heterocycles. The number of halogens is 2. The fourth-order valence-corrected chi connectivity index (χ4v) is 4.77. The summed E-state index contributed by atoms with van der Waals surface area (Å²) >= 11 is 0. The van der Waals surface area contributed by atoms with Crippen LogP contribution in [0.5, 0.6) is 0 Å². The van der Waals surface area contributed by atoms with Gasteiger partial charge in [0.05, 0.1) is 6.61 Å². The molecule has 0 radical (unpaired) electrons. The molecule has 0 saturated heterocycles. The van der Waals surface area contributed by atoms with Gasteiger partial charge < -0.3 is 4.74 Å². The fraction of sp³-hybridized carbons (Fsp3) is 0.700. The Bertz CT molecular complexity index is 295. The smallest absolute Gasteiger partial charge is 0.431 e. The van der Waals surface area contributed by atoms with E-state index in [1.807, 2.05) is 12.5 Å². The minimum atomic E-state index is -1.61. The monoisotopic (exact) mass is 349 g/mol. The molecule has 3 nitrogen and oxygen atoms in total. The number of unbranched alkanes of at least 4 members (excludes halogenated alkanes) is 1. The van der Waals surface area contributed by atoms with Crippen LogP contribution in [0.25, 0.3) is 0 Å². The third-order valence-corrected chi connectivity index (χ3v) is 5.60. The summed E-state index contributed by atoms with van der Waals surface area (Å²) in [5.74, 6) is 0. The second-order valence-corrected chi connectivity index (χ2v) is 8.17. The van der Waals surface area contributed by atoms with Crippen molar-refractivity contribution in [3.8, 4) is 0 Å². The summed E-state index contributed by atoms with van der Waals surface area (Å²) in [7, 11) is 5.48. The van der Waals surface area contributed by atoms with Crippen molar-refractivity contribution in [1.29, 1.82) is 0 Å². The molecule has 0 fully saturated rings. The fourth-order valence-electron chi connectivity index (χ4n) is 1.01. The summed E-state index contributed by atoms with van der Waals surface area (Å²) < 4.78 is 30.7. The van der Waals surface area contributed by atoms with Crippen molar-refractivity contribution in [3.05, 3.63) is 11.7 Å². The van der Waals surface area contributed by atoms with Crippen molar-refractivity contribution >= 4 is 49.6 Å². The summed E-state index contributed by atoms with van der Waals surface area (Å²) in [5.41, 5.74) is 0.101. The number of ether oxygens (including phenoxy) is 1. The maximum Gasteiger partial charge on any atom is 0.431 e. The van der Waals surface area contributed by atoms with E-state index in [-0.39, 0.29) is 12.2 Å². The summed E-state index contributed by atoms with van der Waals surface area (Å²) in [6, 6.07) is 0. The van der Waals surface area contributed by atoms with Crippen molar-refractivity contribution in [2.45, 2.75) is 26.2 Å². The average Bonchev–Trinajstić information content (AvgIpc) is 2.37. The average molecular weight is 350 g/mol. The van der Waals surface area contributed by atoms with E-state index in [2.05, 4.69) is 0 Å². The van der Waals surface area contributed by atoms with Crippen LogP contribution in [0.2, 0.25) is 0 Å². The molecule has 0 N–H and O–H groups in total. The molecule has 0 atom stereocenters. The molecule has 112 valence electrons. The van der Waals surface area contributed by atoms with Crippen molar-refractivity contribution in [1.82, 2.24) is 3.71 Å². The van der Waals surface area contributed by atoms with E-state index in [4.69, 9.17) is 4.74 Å². The van der Waals surface area contributed by atoms with Gasteiger partial charge in [0, 0.05) is 22.0 Å². The van der Waals surface area contributed by atoms with E-state index < -0.39 is 12.2 Å². The predicted molar refractivity (Wildman–Crippen MR) is 84.2 cm³/mol. The third kappa shape index (κ3) is 9.75. The minimum Gasteiger partial charge on any atom is -0.448 e. The Labute approximate surface area is 128 Å². The van der Waals surface area contributed by atoms with Crippen LogP contribution in [0.15, 0.2) is 11.7 Å². The Kier molecular flexibility index (Phi) is 12.2. The molecule has 0 aromatic carbocycles. The molecule has 0 unspecified atom stereocenters. The number of carbonyl (C=O) groups excluding carboxylic acids is 1. The maximum absolute atomic E-state index is 12.1. The standard InChI is InChI=1S/C10H17F2NO2S4/c1-8(9(11)12)6-4-5-7-15-10(14)13(18-16-2)19-17-3/h4-7H2,1-3H3. The van der Waals surface area contributed by atoms with Crippen molar-refractivity contribution in [2.75, 3.05) is 19.1 Å². The summed E-state index contributed by atoms with van der Waals surface area (Å²) in [5, 5.41) is 0. The second-order valence-electron chi connectivity index (χ2n) is 3.35. The molecular weight excluding hydrogens is 332 g/mol. The number of allylic oxidation sites excluding steroid dienone is 1. The van der Waals surface area contributed by atoms with Crippen LogP contribution in [0.4, 0.5) is 13.6 Å².